The minimum atomic E-state index is -0.325. The predicted molar refractivity (Wildman–Crippen MR) is 65.2 cm³/mol. The molecule has 0 fully saturated rings. The second kappa shape index (κ2) is 5.35. The molecule has 0 saturated heterocycles. The van der Waals surface area contributed by atoms with E-state index < -0.39 is 0 Å². The highest BCUT2D eigenvalue weighted by Gasteiger charge is 2.14. The molecule has 5 heteroatoms. The Labute approximate surface area is 104 Å². The zero-order valence-corrected chi connectivity index (χ0v) is 9.96. The summed E-state index contributed by atoms with van der Waals surface area (Å²) in [5.74, 6) is 0.357. The van der Waals surface area contributed by atoms with Crippen molar-refractivity contribution in [1.82, 2.24) is 10.3 Å². The van der Waals surface area contributed by atoms with Crippen LogP contribution < -0.4 is 5.32 Å². The van der Waals surface area contributed by atoms with Crippen LogP contribution in [0.1, 0.15) is 23.0 Å². The first-order chi connectivity index (χ1) is 8.66. The van der Waals surface area contributed by atoms with Crippen LogP contribution in [-0.2, 0) is 6.42 Å². The number of pyridine rings is 1. The molecule has 2 aromatic heterocycles. The van der Waals surface area contributed by atoms with E-state index in [2.05, 4.69) is 10.3 Å². The summed E-state index contributed by atoms with van der Waals surface area (Å²) in [5.41, 5.74) is 0.219. The highest BCUT2D eigenvalue weighted by Crippen LogP contribution is 2.14. The second-order valence-corrected chi connectivity index (χ2v) is 4.05. The van der Waals surface area contributed by atoms with Crippen LogP contribution in [0.3, 0.4) is 0 Å². The Balaban J connectivity index is 1.97. The predicted octanol–water partition coefficient (Wildman–Crippen LogP) is 1.74. The molecule has 0 aliphatic rings. The molecule has 2 rings (SSSR count). The van der Waals surface area contributed by atoms with Crippen LogP contribution in [0.25, 0.3) is 0 Å². The zero-order chi connectivity index (χ0) is 13.0. The van der Waals surface area contributed by atoms with Gasteiger partial charge in [-0.2, -0.15) is 0 Å². The molecule has 18 heavy (non-hydrogen) atoms. The van der Waals surface area contributed by atoms with Gasteiger partial charge in [0.25, 0.3) is 5.91 Å². The number of carbonyl (C=O) groups is 1. The normalized spacial score (nSPS) is 12.1. The van der Waals surface area contributed by atoms with Crippen LogP contribution in [-0.4, -0.2) is 22.0 Å². The molecule has 1 atom stereocenters. The van der Waals surface area contributed by atoms with Gasteiger partial charge in [0, 0.05) is 18.7 Å². The average Bonchev–Trinajstić information content (AvgIpc) is 2.82. The summed E-state index contributed by atoms with van der Waals surface area (Å²) < 4.78 is 5.20. The first kappa shape index (κ1) is 12.2. The molecule has 1 unspecified atom stereocenters. The Kier molecular flexibility index (Phi) is 3.62. The minimum absolute atomic E-state index is 0.0868. The summed E-state index contributed by atoms with van der Waals surface area (Å²) in [6.45, 7) is 1.87. The average molecular weight is 246 g/mol. The summed E-state index contributed by atoms with van der Waals surface area (Å²) in [6, 6.07) is 5.05. The molecule has 0 spiro atoms. The number of nitrogens with one attached hydrogen (secondary N) is 1. The molecular formula is C13H14N2O3. The van der Waals surface area contributed by atoms with Crippen LogP contribution >= 0.6 is 0 Å². The van der Waals surface area contributed by atoms with Crippen LogP contribution in [0.15, 0.2) is 41.3 Å². The van der Waals surface area contributed by atoms with E-state index in [1.807, 2.05) is 13.0 Å². The molecule has 94 valence electrons. The van der Waals surface area contributed by atoms with Crippen LogP contribution in [0.4, 0.5) is 0 Å². The van der Waals surface area contributed by atoms with Crippen LogP contribution in [0.5, 0.6) is 5.75 Å². The summed E-state index contributed by atoms with van der Waals surface area (Å²) in [5, 5.41) is 12.3. The lowest BCUT2D eigenvalue weighted by atomic mass is 10.1. The van der Waals surface area contributed by atoms with Crippen molar-refractivity contribution >= 4 is 5.91 Å². The first-order valence-electron chi connectivity index (χ1n) is 5.63. The summed E-state index contributed by atoms with van der Waals surface area (Å²) in [6.07, 6.45) is 4.90. The molecular weight excluding hydrogens is 232 g/mol. The van der Waals surface area contributed by atoms with E-state index in [1.54, 1.807) is 12.3 Å². The number of hydrogen-bond donors (Lipinski definition) is 2. The van der Waals surface area contributed by atoms with Crippen LogP contribution in [0.2, 0.25) is 0 Å². The van der Waals surface area contributed by atoms with Gasteiger partial charge in [-0.25, -0.2) is 0 Å². The van der Waals surface area contributed by atoms with Gasteiger partial charge in [0.15, 0.2) is 0 Å². The fraction of sp³-hybridized carbons (Fsp3) is 0.231. The SMILES string of the molecule is CC(Cc1ccco1)NC(=O)c1ccncc1O. The summed E-state index contributed by atoms with van der Waals surface area (Å²) in [4.78, 5) is 15.6. The van der Waals surface area contributed by atoms with Gasteiger partial charge in [-0.3, -0.25) is 9.78 Å². The molecule has 0 radical (unpaired) electrons. The lowest BCUT2D eigenvalue weighted by Crippen LogP contribution is -2.34. The number of furan rings is 1. The van der Waals surface area contributed by atoms with E-state index >= 15 is 0 Å². The minimum Gasteiger partial charge on any atom is -0.505 e. The monoisotopic (exact) mass is 246 g/mol. The maximum absolute atomic E-state index is 11.9. The van der Waals surface area contributed by atoms with Gasteiger partial charge in [0.05, 0.1) is 18.0 Å². The lowest BCUT2D eigenvalue weighted by molar-refractivity contribution is 0.0936. The quantitative estimate of drug-likeness (QED) is 0.861. The molecule has 0 aliphatic carbocycles. The van der Waals surface area contributed by atoms with Crippen molar-refractivity contribution in [3.8, 4) is 5.75 Å². The Morgan fingerprint density at radius 3 is 3.06 bits per heavy atom. The van der Waals surface area contributed by atoms with Gasteiger partial charge >= 0.3 is 0 Å². The fourth-order valence-corrected chi connectivity index (χ4v) is 1.66. The largest absolute Gasteiger partial charge is 0.505 e. The smallest absolute Gasteiger partial charge is 0.255 e. The van der Waals surface area contributed by atoms with E-state index in [-0.39, 0.29) is 23.3 Å². The maximum atomic E-state index is 11.9. The number of aromatic nitrogens is 1. The van der Waals surface area contributed by atoms with Crippen molar-refractivity contribution in [2.75, 3.05) is 0 Å². The standard InChI is InChI=1S/C13H14N2O3/c1-9(7-10-3-2-6-18-10)15-13(17)11-4-5-14-8-12(11)16/h2-6,8-9,16H,7H2,1H3,(H,15,17). The van der Waals surface area contributed by atoms with Crippen molar-refractivity contribution in [1.29, 1.82) is 0 Å². The van der Waals surface area contributed by atoms with Gasteiger partial charge in [-0.05, 0) is 25.1 Å². The van der Waals surface area contributed by atoms with E-state index in [0.717, 1.165) is 5.76 Å². The van der Waals surface area contributed by atoms with Crippen molar-refractivity contribution in [3.05, 3.63) is 48.2 Å². The molecule has 0 bridgehead atoms. The van der Waals surface area contributed by atoms with Gasteiger partial charge < -0.3 is 14.8 Å². The Morgan fingerprint density at radius 2 is 2.39 bits per heavy atom. The van der Waals surface area contributed by atoms with Crippen molar-refractivity contribution in [2.45, 2.75) is 19.4 Å². The molecule has 2 N–H and O–H groups in total. The topological polar surface area (TPSA) is 75.4 Å². The number of hydrogen-bond acceptors (Lipinski definition) is 4. The second-order valence-electron chi connectivity index (χ2n) is 4.05. The Hall–Kier alpha value is -2.30. The van der Waals surface area contributed by atoms with Gasteiger partial charge in [0.2, 0.25) is 0 Å². The van der Waals surface area contributed by atoms with E-state index in [9.17, 15) is 9.90 Å². The van der Waals surface area contributed by atoms with Gasteiger partial charge in [-0.15, -0.1) is 0 Å². The fourth-order valence-electron chi connectivity index (χ4n) is 1.66. The lowest BCUT2D eigenvalue weighted by Gasteiger charge is -2.12. The summed E-state index contributed by atoms with van der Waals surface area (Å²) in [7, 11) is 0. The van der Waals surface area contributed by atoms with Crippen molar-refractivity contribution in [3.63, 3.8) is 0 Å². The van der Waals surface area contributed by atoms with Crippen molar-refractivity contribution in [2.24, 2.45) is 0 Å². The number of nitrogens with zero attached hydrogens (tertiary/aromatic N) is 1. The third-order valence-electron chi connectivity index (χ3n) is 2.51. The molecule has 0 saturated carbocycles. The Bertz CT molecular complexity index is 523. The van der Waals surface area contributed by atoms with Crippen molar-refractivity contribution < 1.29 is 14.3 Å². The third kappa shape index (κ3) is 2.88. The number of amides is 1. The molecule has 5 nitrogen and oxygen atoms in total. The van der Waals surface area contributed by atoms with Gasteiger partial charge in [-0.1, -0.05) is 0 Å². The number of carbonyl (C=O) groups excluding carboxylic acids is 1. The highest BCUT2D eigenvalue weighted by molar-refractivity contribution is 5.96. The summed E-state index contributed by atoms with van der Waals surface area (Å²) >= 11 is 0. The third-order valence-corrected chi connectivity index (χ3v) is 2.51. The maximum Gasteiger partial charge on any atom is 0.255 e. The molecule has 0 aromatic carbocycles. The molecule has 2 aromatic rings. The van der Waals surface area contributed by atoms with Crippen LogP contribution in [0, 0.1) is 0 Å². The van der Waals surface area contributed by atoms with Gasteiger partial charge in [0.1, 0.15) is 11.5 Å². The first-order valence-corrected chi connectivity index (χ1v) is 5.63. The highest BCUT2D eigenvalue weighted by atomic mass is 16.3. The molecule has 0 aliphatic heterocycles. The van der Waals surface area contributed by atoms with E-state index in [0.29, 0.717) is 6.42 Å². The van der Waals surface area contributed by atoms with E-state index in [4.69, 9.17) is 4.42 Å². The number of rotatable bonds is 4. The molecule has 2 heterocycles. The molecule has 1 amide bonds. The van der Waals surface area contributed by atoms with E-state index in [1.165, 1.54) is 18.5 Å². The zero-order valence-electron chi connectivity index (χ0n) is 9.96. The number of aromatic hydroxyl groups is 1. The Morgan fingerprint density at radius 1 is 1.56 bits per heavy atom.